The number of rotatable bonds is 3. The predicted molar refractivity (Wildman–Crippen MR) is 300 cm³/mol. The number of nitrogens with one attached hydrogen (secondary N) is 1. The highest BCUT2D eigenvalue weighted by molar-refractivity contribution is 7.26. The first kappa shape index (κ1) is 42.0. The second kappa shape index (κ2) is 14.0. The van der Waals surface area contributed by atoms with E-state index in [-0.39, 0.29) is 21.7 Å². The van der Waals surface area contributed by atoms with Crippen LogP contribution in [0.15, 0.2) is 133 Å². The first-order valence-corrected chi connectivity index (χ1v) is 26.0. The summed E-state index contributed by atoms with van der Waals surface area (Å²) in [6, 6.07) is 51.8. The minimum atomic E-state index is -0.303. The van der Waals surface area contributed by atoms with E-state index in [1.165, 1.54) is 129 Å². The third-order valence-corrected chi connectivity index (χ3v) is 17.7. The van der Waals surface area contributed by atoms with E-state index < -0.39 is 0 Å². The highest BCUT2D eigenvalue weighted by Crippen LogP contribution is 2.58. The fourth-order valence-corrected chi connectivity index (χ4v) is 14.1. The Bertz CT molecular complexity index is 3980. The second-order valence-corrected chi connectivity index (χ2v) is 25.5. The van der Waals surface area contributed by atoms with Crippen molar-refractivity contribution in [3.63, 3.8) is 0 Å². The Hall–Kier alpha value is -6.14. The van der Waals surface area contributed by atoms with Crippen molar-refractivity contribution < 1.29 is 0 Å². The van der Waals surface area contributed by atoms with Crippen LogP contribution in [-0.4, -0.2) is 11.8 Å². The van der Waals surface area contributed by atoms with Gasteiger partial charge in [0.15, 0.2) is 7.28 Å². The molecule has 2 nitrogen and oxygen atoms in total. The van der Waals surface area contributed by atoms with Crippen molar-refractivity contribution in [2.45, 2.75) is 97.8 Å². The molecule has 2 aliphatic rings. The summed E-state index contributed by atoms with van der Waals surface area (Å²) in [6.45, 7) is 25.8. The van der Waals surface area contributed by atoms with Gasteiger partial charge in [-0.3, -0.25) is 0 Å². The van der Waals surface area contributed by atoms with Gasteiger partial charge >= 0.3 is 0 Å². The Morgan fingerprint density at radius 2 is 1.13 bits per heavy atom. The minimum Gasteiger partial charge on any atom is -0.355 e. The Morgan fingerprint density at radius 3 is 1.90 bits per heavy atom. The summed E-state index contributed by atoms with van der Waals surface area (Å²) in [5.41, 5.74) is 20.5. The Balaban J connectivity index is 1.20. The first-order valence-electron chi connectivity index (χ1n) is 24.3. The number of benzene rings is 8. The van der Waals surface area contributed by atoms with E-state index in [9.17, 15) is 0 Å². The maximum Gasteiger partial charge on any atom is 0.197 e. The molecule has 1 aliphatic heterocycles. The molecule has 1 N–H and O–H groups in total. The molecule has 13 rings (SSSR count). The molecule has 1 radical (unpaired) electrons. The molecule has 0 atom stereocenters. The highest BCUT2D eigenvalue weighted by Gasteiger charge is 2.43. The molecule has 1 aliphatic carbocycles. The molecule has 5 heteroatoms. The maximum atomic E-state index is 4.09. The van der Waals surface area contributed by atoms with Gasteiger partial charge in [-0.15, -0.1) is 22.7 Å². The molecule has 0 spiro atoms. The van der Waals surface area contributed by atoms with E-state index >= 15 is 0 Å². The zero-order chi connectivity index (χ0) is 47.0. The third kappa shape index (κ3) is 6.00. The number of thiophene rings is 2. The summed E-state index contributed by atoms with van der Waals surface area (Å²) in [4.78, 5) is 0. The Labute approximate surface area is 408 Å². The summed E-state index contributed by atoms with van der Waals surface area (Å²) in [7, 11) is 2.56. The average Bonchev–Trinajstić information content (AvgIpc) is 4.01. The van der Waals surface area contributed by atoms with Gasteiger partial charge < -0.3 is 9.88 Å². The van der Waals surface area contributed by atoms with Crippen LogP contribution in [0.1, 0.15) is 104 Å². The van der Waals surface area contributed by atoms with Crippen molar-refractivity contribution in [3.05, 3.63) is 161 Å². The molecule has 0 saturated carbocycles. The van der Waals surface area contributed by atoms with E-state index in [4.69, 9.17) is 0 Å². The van der Waals surface area contributed by atoms with Gasteiger partial charge in [0.05, 0.1) is 5.52 Å². The number of anilines is 2. The lowest BCUT2D eigenvalue weighted by Crippen LogP contribution is -2.38. The zero-order valence-electron chi connectivity index (χ0n) is 41.0. The molecule has 333 valence electrons. The fourth-order valence-electron chi connectivity index (χ4n) is 11.8. The van der Waals surface area contributed by atoms with Crippen molar-refractivity contribution >= 4 is 114 Å². The SMILES string of the molecule is CC(C)(C)c1ccc(Nc2cc3sc4cc(C(C)(C)C)ccc4c3cc2-c2c3c(c4c5cc(C(C)(C)C)ccc5n5c4c2[B]c2cc4c(cc2-5)sc2ccccc24)-c2ccccc2C3(C)C)cc1. The van der Waals surface area contributed by atoms with Crippen molar-refractivity contribution in [2.75, 3.05) is 5.32 Å². The van der Waals surface area contributed by atoms with Crippen LogP contribution in [0.2, 0.25) is 0 Å². The number of hydrogen-bond acceptors (Lipinski definition) is 3. The Kier molecular flexibility index (Phi) is 8.64. The van der Waals surface area contributed by atoms with Gasteiger partial charge in [-0.25, -0.2) is 0 Å². The quantitative estimate of drug-likeness (QED) is 0.175. The van der Waals surface area contributed by atoms with Crippen LogP contribution in [0.5, 0.6) is 0 Å². The van der Waals surface area contributed by atoms with Crippen LogP contribution < -0.4 is 16.2 Å². The molecule has 0 unspecified atom stereocenters. The van der Waals surface area contributed by atoms with Crippen LogP contribution in [-0.2, 0) is 21.7 Å². The molecule has 4 heterocycles. The van der Waals surface area contributed by atoms with Gasteiger partial charge in [0, 0.05) is 79.3 Å². The van der Waals surface area contributed by atoms with Crippen molar-refractivity contribution in [3.8, 4) is 27.9 Å². The minimum absolute atomic E-state index is 0.0167. The van der Waals surface area contributed by atoms with E-state index in [0.717, 1.165) is 11.4 Å². The van der Waals surface area contributed by atoms with Crippen LogP contribution in [0.4, 0.5) is 11.4 Å². The van der Waals surface area contributed by atoms with Gasteiger partial charge in [0.2, 0.25) is 0 Å². The number of aromatic nitrogens is 1. The highest BCUT2D eigenvalue weighted by atomic mass is 32.1. The molecule has 0 fully saturated rings. The normalized spacial score (nSPS) is 14.3. The third-order valence-electron chi connectivity index (χ3n) is 15.4. The maximum absolute atomic E-state index is 4.09. The summed E-state index contributed by atoms with van der Waals surface area (Å²) in [6.07, 6.45) is 0. The van der Waals surface area contributed by atoms with Gasteiger partial charge in [-0.2, -0.15) is 0 Å². The van der Waals surface area contributed by atoms with E-state index in [1.54, 1.807) is 0 Å². The Morgan fingerprint density at radius 1 is 0.515 bits per heavy atom. The molecule has 0 amide bonds. The summed E-state index contributed by atoms with van der Waals surface area (Å²) < 4.78 is 7.93. The second-order valence-electron chi connectivity index (χ2n) is 23.3. The van der Waals surface area contributed by atoms with Crippen LogP contribution >= 0.6 is 22.7 Å². The average molecular weight is 916 g/mol. The number of nitrogens with zero attached hydrogens (tertiary/aromatic N) is 1. The lowest BCUT2D eigenvalue weighted by atomic mass is 9.57. The van der Waals surface area contributed by atoms with Gasteiger partial charge in [-0.05, 0) is 126 Å². The van der Waals surface area contributed by atoms with Crippen molar-refractivity contribution in [2.24, 2.45) is 0 Å². The lowest BCUT2D eigenvalue weighted by Gasteiger charge is -2.31. The summed E-state index contributed by atoms with van der Waals surface area (Å²) in [5, 5.41) is 12.1. The largest absolute Gasteiger partial charge is 0.355 e. The molecule has 11 aromatic rings. The van der Waals surface area contributed by atoms with Gasteiger partial charge in [0.1, 0.15) is 0 Å². The van der Waals surface area contributed by atoms with Crippen molar-refractivity contribution in [1.82, 2.24) is 4.57 Å². The van der Waals surface area contributed by atoms with Crippen LogP contribution in [0.3, 0.4) is 0 Å². The van der Waals surface area contributed by atoms with Crippen LogP contribution in [0.25, 0.3) is 90.1 Å². The smallest absolute Gasteiger partial charge is 0.197 e. The van der Waals surface area contributed by atoms with Gasteiger partial charge in [0.25, 0.3) is 0 Å². The summed E-state index contributed by atoms with van der Waals surface area (Å²) >= 11 is 3.82. The van der Waals surface area contributed by atoms with E-state index in [0.29, 0.717) is 0 Å². The predicted octanol–water partition coefficient (Wildman–Crippen LogP) is 17.1. The van der Waals surface area contributed by atoms with E-state index in [2.05, 4.69) is 227 Å². The van der Waals surface area contributed by atoms with E-state index in [1.807, 2.05) is 22.7 Å². The molecule has 3 aromatic heterocycles. The van der Waals surface area contributed by atoms with Crippen LogP contribution in [0, 0.1) is 0 Å². The molecule has 0 bridgehead atoms. The lowest BCUT2D eigenvalue weighted by molar-refractivity contribution is 0.590. The van der Waals surface area contributed by atoms with Crippen molar-refractivity contribution in [1.29, 1.82) is 0 Å². The zero-order valence-corrected chi connectivity index (χ0v) is 42.7. The molecular formula is C63H56BN2S2. The first-order chi connectivity index (χ1) is 32.3. The fraction of sp³-hybridized carbons (Fsp3) is 0.238. The molecular weight excluding hydrogens is 860 g/mol. The number of fused-ring (bicyclic) bond motifs is 15. The van der Waals surface area contributed by atoms with Gasteiger partial charge in [-0.1, -0.05) is 160 Å². The molecule has 8 aromatic carbocycles. The summed E-state index contributed by atoms with van der Waals surface area (Å²) in [5.74, 6) is 0. The standard InChI is InChI=1S/C63H56BN2S2/c1-60(2,3)34-20-24-37(25-21-34)65-47-32-52-41(39-26-22-36(62(7,8)9)29-51(39)68-52)30-43(47)56-57-54(40-17-12-14-18-45(40)63(57,10)11)55-44-28-35(61(4,5)6)23-27-48(44)66-49-33-53-42(31-46(49)64-58(56)59(55)66)38-16-13-15-19-50(38)67-53/h12-33,65H,1-11H3. The number of hydrogen-bond donors (Lipinski definition) is 1. The topological polar surface area (TPSA) is 17.0 Å². The molecule has 0 saturated heterocycles. The monoisotopic (exact) mass is 915 g/mol. The molecule has 68 heavy (non-hydrogen) atoms.